The van der Waals surface area contributed by atoms with Crippen LogP contribution in [0.3, 0.4) is 0 Å². The molecule has 0 fully saturated rings. The molecule has 3 aromatic rings. The van der Waals surface area contributed by atoms with E-state index < -0.39 is 0 Å². The fourth-order valence-electron chi connectivity index (χ4n) is 2.82. The van der Waals surface area contributed by atoms with E-state index in [9.17, 15) is 4.79 Å². The molecule has 0 aliphatic rings. The Hall–Kier alpha value is -3.08. The van der Waals surface area contributed by atoms with E-state index in [1.165, 1.54) is 0 Å². The van der Waals surface area contributed by atoms with Gasteiger partial charge in [-0.15, -0.1) is 0 Å². The highest BCUT2D eigenvalue weighted by Crippen LogP contribution is 2.18. The largest absolute Gasteiger partial charge is 0.494 e. The fourth-order valence-corrected chi connectivity index (χ4v) is 2.82. The van der Waals surface area contributed by atoms with Gasteiger partial charge in [0.25, 0.3) is 5.91 Å². The van der Waals surface area contributed by atoms with Crippen molar-refractivity contribution in [3.05, 3.63) is 71.5 Å². The molecule has 5 nitrogen and oxygen atoms in total. The predicted molar refractivity (Wildman–Crippen MR) is 108 cm³/mol. The van der Waals surface area contributed by atoms with Gasteiger partial charge in [-0.2, -0.15) is 5.10 Å². The van der Waals surface area contributed by atoms with Crippen molar-refractivity contribution in [2.24, 2.45) is 0 Å². The number of hydrogen-bond donors (Lipinski definition) is 1. The van der Waals surface area contributed by atoms with Crippen LogP contribution in [-0.4, -0.2) is 22.3 Å². The van der Waals surface area contributed by atoms with Gasteiger partial charge in [0.1, 0.15) is 5.75 Å². The van der Waals surface area contributed by atoms with Crippen LogP contribution in [-0.2, 0) is 0 Å². The van der Waals surface area contributed by atoms with Crippen LogP contribution in [0.2, 0.25) is 0 Å². The van der Waals surface area contributed by atoms with Crippen molar-refractivity contribution in [3.63, 3.8) is 0 Å². The van der Waals surface area contributed by atoms with Gasteiger partial charge in [0.15, 0.2) is 0 Å². The minimum Gasteiger partial charge on any atom is -0.494 e. The first-order valence-electron chi connectivity index (χ1n) is 9.24. The maximum Gasteiger partial charge on any atom is 0.255 e. The number of aryl methyl sites for hydroxylation is 2. The van der Waals surface area contributed by atoms with Crippen LogP contribution in [0.25, 0.3) is 5.69 Å². The maximum atomic E-state index is 12.5. The van der Waals surface area contributed by atoms with Gasteiger partial charge in [-0.25, -0.2) is 4.68 Å². The monoisotopic (exact) mass is 363 g/mol. The summed E-state index contributed by atoms with van der Waals surface area (Å²) in [5.41, 5.74) is 4.31. The lowest BCUT2D eigenvalue weighted by molar-refractivity contribution is 0.102. The summed E-state index contributed by atoms with van der Waals surface area (Å²) in [6.07, 6.45) is 2.14. The number of aromatic nitrogens is 2. The van der Waals surface area contributed by atoms with Gasteiger partial charge >= 0.3 is 0 Å². The Bertz CT molecular complexity index is 896. The number of unbranched alkanes of at least 4 members (excludes halogenated alkanes) is 1. The molecule has 1 N–H and O–H groups in total. The van der Waals surface area contributed by atoms with Gasteiger partial charge in [0, 0.05) is 16.9 Å². The molecule has 0 atom stereocenters. The lowest BCUT2D eigenvalue weighted by Gasteiger charge is -2.09. The minimum absolute atomic E-state index is 0.144. The maximum absolute atomic E-state index is 12.5. The Kier molecular flexibility index (Phi) is 5.91. The van der Waals surface area contributed by atoms with Crippen LogP contribution < -0.4 is 10.1 Å². The van der Waals surface area contributed by atoms with Crippen molar-refractivity contribution in [3.8, 4) is 11.4 Å². The SMILES string of the molecule is CCCCOc1ccc(NC(=O)c2ccc(-n3nc(C)cc3C)cc2)cc1. The normalized spacial score (nSPS) is 10.6. The zero-order valence-electron chi connectivity index (χ0n) is 16.0. The quantitative estimate of drug-likeness (QED) is 0.606. The molecule has 140 valence electrons. The van der Waals surface area contributed by atoms with Crippen molar-refractivity contribution in [2.75, 3.05) is 11.9 Å². The van der Waals surface area contributed by atoms with Crippen LogP contribution in [0.5, 0.6) is 5.75 Å². The molecule has 0 spiro atoms. The highest BCUT2D eigenvalue weighted by atomic mass is 16.5. The molecule has 27 heavy (non-hydrogen) atoms. The summed E-state index contributed by atoms with van der Waals surface area (Å²) in [4.78, 5) is 12.5. The van der Waals surface area contributed by atoms with Gasteiger partial charge in [-0.1, -0.05) is 13.3 Å². The number of anilines is 1. The number of benzene rings is 2. The Labute approximate surface area is 160 Å². The van der Waals surface area contributed by atoms with Crippen LogP contribution in [0.4, 0.5) is 5.69 Å². The predicted octanol–water partition coefficient (Wildman–Crippen LogP) is 4.92. The van der Waals surface area contributed by atoms with E-state index in [-0.39, 0.29) is 5.91 Å². The molecule has 0 saturated heterocycles. The lowest BCUT2D eigenvalue weighted by Crippen LogP contribution is -2.12. The number of ether oxygens (including phenoxy) is 1. The summed E-state index contributed by atoms with van der Waals surface area (Å²) in [6, 6.07) is 16.9. The minimum atomic E-state index is -0.144. The first-order valence-corrected chi connectivity index (χ1v) is 9.24. The van der Waals surface area contributed by atoms with Gasteiger partial charge < -0.3 is 10.1 Å². The second-order valence-corrected chi connectivity index (χ2v) is 6.57. The molecule has 0 radical (unpaired) electrons. The third-order valence-electron chi connectivity index (χ3n) is 4.26. The van der Waals surface area contributed by atoms with Crippen LogP contribution in [0.15, 0.2) is 54.6 Å². The molecule has 1 amide bonds. The topological polar surface area (TPSA) is 56.1 Å². The van der Waals surface area contributed by atoms with Gasteiger partial charge in [0.2, 0.25) is 0 Å². The van der Waals surface area contributed by atoms with Crippen molar-refractivity contribution in [1.29, 1.82) is 0 Å². The molecule has 2 aromatic carbocycles. The molecule has 1 heterocycles. The Morgan fingerprint density at radius 2 is 1.78 bits per heavy atom. The molecule has 1 aromatic heterocycles. The molecular weight excluding hydrogens is 338 g/mol. The number of rotatable bonds is 7. The van der Waals surface area contributed by atoms with Gasteiger partial charge in [0.05, 0.1) is 18.0 Å². The van der Waals surface area contributed by atoms with Crippen molar-refractivity contribution >= 4 is 11.6 Å². The molecule has 0 aliphatic heterocycles. The number of nitrogens with zero attached hydrogens (tertiary/aromatic N) is 2. The zero-order valence-corrected chi connectivity index (χ0v) is 16.0. The Balaban J connectivity index is 1.63. The summed E-state index contributed by atoms with van der Waals surface area (Å²) in [6.45, 7) is 6.82. The second-order valence-electron chi connectivity index (χ2n) is 6.57. The first-order chi connectivity index (χ1) is 13.1. The van der Waals surface area contributed by atoms with E-state index in [1.54, 1.807) is 0 Å². The molecule has 3 rings (SSSR count). The smallest absolute Gasteiger partial charge is 0.255 e. The average molecular weight is 363 g/mol. The fraction of sp³-hybridized carbons (Fsp3) is 0.273. The van der Waals surface area contributed by atoms with Crippen molar-refractivity contribution < 1.29 is 9.53 Å². The van der Waals surface area contributed by atoms with Crippen molar-refractivity contribution in [1.82, 2.24) is 9.78 Å². The summed E-state index contributed by atoms with van der Waals surface area (Å²) >= 11 is 0. The van der Waals surface area contributed by atoms with Crippen LogP contribution >= 0.6 is 0 Å². The number of carbonyl (C=O) groups is 1. The third-order valence-corrected chi connectivity index (χ3v) is 4.26. The van der Waals surface area contributed by atoms with Crippen LogP contribution in [0, 0.1) is 13.8 Å². The summed E-state index contributed by atoms with van der Waals surface area (Å²) in [7, 11) is 0. The zero-order chi connectivity index (χ0) is 19.2. The molecule has 0 aliphatic carbocycles. The highest BCUT2D eigenvalue weighted by molar-refractivity contribution is 6.04. The number of carbonyl (C=O) groups excluding carboxylic acids is 1. The van der Waals surface area contributed by atoms with Gasteiger partial charge in [-0.3, -0.25) is 4.79 Å². The molecule has 0 saturated carbocycles. The molecule has 0 unspecified atom stereocenters. The summed E-state index contributed by atoms with van der Waals surface area (Å²) < 4.78 is 7.51. The first kappa shape index (κ1) is 18.7. The van der Waals surface area contributed by atoms with E-state index >= 15 is 0 Å². The molecule has 5 heteroatoms. The van der Waals surface area contributed by atoms with Crippen molar-refractivity contribution in [2.45, 2.75) is 33.6 Å². The Morgan fingerprint density at radius 3 is 2.37 bits per heavy atom. The van der Waals surface area contributed by atoms with Crippen LogP contribution in [0.1, 0.15) is 41.5 Å². The summed E-state index contributed by atoms with van der Waals surface area (Å²) in [5, 5.41) is 7.37. The van der Waals surface area contributed by atoms with E-state index in [1.807, 2.05) is 73.1 Å². The van der Waals surface area contributed by atoms with E-state index in [0.717, 1.165) is 41.4 Å². The molecule has 0 bridgehead atoms. The average Bonchev–Trinajstić information content (AvgIpc) is 3.01. The third kappa shape index (κ3) is 4.76. The Morgan fingerprint density at radius 1 is 1.07 bits per heavy atom. The number of hydrogen-bond acceptors (Lipinski definition) is 3. The number of nitrogens with one attached hydrogen (secondary N) is 1. The number of amides is 1. The summed E-state index contributed by atoms with van der Waals surface area (Å²) in [5.74, 6) is 0.672. The second kappa shape index (κ2) is 8.54. The molecular formula is C22H25N3O2. The van der Waals surface area contributed by atoms with E-state index in [2.05, 4.69) is 17.3 Å². The standard InChI is InChI=1S/C22H25N3O2/c1-4-5-14-27-21-12-8-19(9-13-21)23-22(26)18-6-10-20(11-7-18)25-17(3)15-16(2)24-25/h6-13,15H,4-5,14H2,1-3H3,(H,23,26). The lowest BCUT2D eigenvalue weighted by atomic mass is 10.2. The van der Waals surface area contributed by atoms with E-state index in [4.69, 9.17) is 4.74 Å². The van der Waals surface area contributed by atoms with E-state index in [0.29, 0.717) is 12.2 Å². The van der Waals surface area contributed by atoms with Gasteiger partial charge in [-0.05, 0) is 74.9 Å². The highest BCUT2D eigenvalue weighted by Gasteiger charge is 2.08.